The molecule has 1 atom stereocenters. The highest BCUT2D eigenvalue weighted by Crippen LogP contribution is 2.28. The Balaban J connectivity index is 1.62. The number of carbonyl (C=O) groups is 2. The third kappa shape index (κ3) is 5.50. The number of carboxylic acid groups (broad SMARTS) is 1. The van der Waals surface area contributed by atoms with Gasteiger partial charge in [0.15, 0.2) is 0 Å². The van der Waals surface area contributed by atoms with Gasteiger partial charge in [0.2, 0.25) is 5.91 Å². The highest BCUT2D eigenvalue weighted by molar-refractivity contribution is 7.98. The van der Waals surface area contributed by atoms with Gasteiger partial charge in [-0.05, 0) is 43.5 Å². The molecule has 1 aromatic heterocycles. The van der Waals surface area contributed by atoms with Crippen LogP contribution >= 0.6 is 11.8 Å². The van der Waals surface area contributed by atoms with Crippen LogP contribution in [0.3, 0.4) is 0 Å². The average molecular weight is 456 g/mol. The number of benzene rings is 2. The number of phenols is 1. The van der Waals surface area contributed by atoms with Crippen molar-refractivity contribution in [3.63, 3.8) is 0 Å². The van der Waals surface area contributed by atoms with Crippen LogP contribution in [0.2, 0.25) is 0 Å². The summed E-state index contributed by atoms with van der Waals surface area (Å²) < 4.78 is 5.39. The van der Waals surface area contributed by atoms with E-state index in [-0.39, 0.29) is 24.3 Å². The van der Waals surface area contributed by atoms with Crippen molar-refractivity contribution in [1.82, 2.24) is 5.32 Å². The fourth-order valence-electron chi connectivity index (χ4n) is 3.42. The molecule has 8 heteroatoms. The first-order valence-electron chi connectivity index (χ1n) is 10.2. The van der Waals surface area contributed by atoms with E-state index in [4.69, 9.17) is 4.42 Å². The molecule has 0 spiro atoms. The van der Waals surface area contributed by atoms with E-state index >= 15 is 0 Å². The molecule has 3 N–H and O–H groups in total. The smallest absolute Gasteiger partial charge is 0.339 e. The van der Waals surface area contributed by atoms with E-state index in [9.17, 15) is 24.6 Å². The summed E-state index contributed by atoms with van der Waals surface area (Å²) in [4.78, 5) is 36.4. The molecule has 0 fully saturated rings. The lowest BCUT2D eigenvalue weighted by molar-refractivity contribution is -0.141. The molecule has 7 nitrogen and oxygen atoms in total. The molecule has 0 aliphatic heterocycles. The van der Waals surface area contributed by atoms with E-state index in [2.05, 4.69) is 5.32 Å². The van der Waals surface area contributed by atoms with Crippen molar-refractivity contribution in [3.05, 3.63) is 75.1 Å². The Morgan fingerprint density at radius 1 is 1.09 bits per heavy atom. The summed E-state index contributed by atoms with van der Waals surface area (Å²) in [6.07, 6.45) is 0.0840. The van der Waals surface area contributed by atoms with Crippen molar-refractivity contribution in [3.8, 4) is 5.75 Å². The number of phenolic OH excluding ortho intramolecular Hbond substituents is 1. The van der Waals surface area contributed by atoms with Crippen LogP contribution in [0.1, 0.15) is 28.7 Å². The number of aromatic hydroxyl groups is 1. The van der Waals surface area contributed by atoms with E-state index < -0.39 is 23.5 Å². The minimum absolute atomic E-state index is 0.0389. The van der Waals surface area contributed by atoms with Crippen molar-refractivity contribution < 1.29 is 24.2 Å². The quantitative estimate of drug-likeness (QED) is 0.423. The van der Waals surface area contributed by atoms with Crippen LogP contribution in [0.25, 0.3) is 11.0 Å². The number of amides is 1. The number of aryl methyl sites for hydroxylation is 2. The van der Waals surface area contributed by atoms with Gasteiger partial charge in [-0.3, -0.25) is 4.79 Å². The summed E-state index contributed by atoms with van der Waals surface area (Å²) in [6, 6.07) is 11.9. The molecule has 0 saturated carbocycles. The number of carbonyl (C=O) groups excluding carboxylic acids is 1. The van der Waals surface area contributed by atoms with Crippen LogP contribution in [-0.2, 0) is 21.8 Å². The minimum atomic E-state index is -1.10. The predicted molar refractivity (Wildman–Crippen MR) is 124 cm³/mol. The van der Waals surface area contributed by atoms with Crippen LogP contribution < -0.4 is 10.9 Å². The molecule has 1 unspecified atom stereocenters. The first-order valence-corrected chi connectivity index (χ1v) is 11.3. The second-order valence-electron chi connectivity index (χ2n) is 7.54. The number of hydrogen-bond donors (Lipinski definition) is 3. The highest BCUT2D eigenvalue weighted by atomic mass is 32.2. The molecule has 32 heavy (non-hydrogen) atoms. The normalized spacial score (nSPS) is 11.9. The second kappa shape index (κ2) is 10.4. The van der Waals surface area contributed by atoms with E-state index in [1.54, 1.807) is 19.9 Å². The van der Waals surface area contributed by atoms with Gasteiger partial charge >= 0.3 is 11.6 Å². The Hall–Kier alpha value is -3.26. The lowest BCUT2D eigenvalue weighted by Crippen LogP contribution is -2.42. The highest BCUT2D eigenvalue weighted by Gasteiger charge is 2.21. The third-order valence-electron chi connectivity index (χ3n) is 5.31. The molecule has 1 amide bonds. The molecule has 3 rings (SSSR count). The summed E-state index contributed by atoms with van der Waals surface area (Å²) in [5, 5.41) is 22.5. The number of hydrogen-bond acceptors (Lipinski definition) is 6. The maximum Gasteiger partial charge on any atom is 0.339 e. The Labute approximate surface area is 189 Å². The number of carboxylic acids is 1. The number of aliphatic carboxylic acids is 1. The van der Waals surface area contributed by atoms with Crippen LogP contribution in [0.4, 0.5) is 0 Å². The third-order valence-corrected chi connectivity index (χ3v) is 6.41. The number of thioether (sulfide) groups is 1. The Bertz CT molecular complexity index is 1190. The molecule has 0 bridgehead atoms. The largest absolute Gasteiger partial charge is 0.508 e. The molecular weight excluding hydrogens is 430 g/mol. The summed E-state index contributed by atoms with van der Waals surface area (Å²) in [5.74, 6) is -0.631. The number of rotatable bonds is 9. The molecule has 3 aromatic rings. The van der Waals surface area contributed by atoms with Crippen LogP contribution in [-0.4, -0.2) is 33.9 Å². The summed E-state index contributed by atoms with van der Waals surface area (Å²) in [6.45, 7) is 3.43. The monoisotopic (exact) mass is 455 g/mol. The summed E-state index contributed by atoms with van der Waals surface area (Å²) in [5.41, 5.74) is 2.36. The minimum Gasteiger partial charge on any atom is -0.508 e. The molecule has 0 aliphatic rings. The zero-order valence-corrected chi connectivity index (χ0v) is 18.7. The van der Waals surface area contributed by atoms with E-state index in [1.807, 2.05) is 30.3 Å². The maximum atomic E-state index is 12.5. The Morgan fingerprint density at radius 3 is 2.50 bits per heavy atom. The van der Waals surface area contributed by atoms with Crippen molar-refractivity contribution in [2.24, 2.45) is 0 Å². The molecular formula is C24H25NO6S. The van der Waals surface area contributed by atoms with Crippen molar-refractivity contribution in [2.45, 2.75) is 38.5 Å². The zero-order valence-electron chi connectivity index (χ0n) is 17.9. The number of fused-ring (bicyclic) bond motifs is 1. The molecule has 0 saturated heterocycles. The van der Waals surface area contributed by atoms with Gasteiger partial charge in [0.05, 0.1) is 0 Å². The number of nitrogens with one attached hydrogen (secondary N) is 1. The molecule has 1 heterocycles. The second-order valence-corrected chi connectivity index (χ2v) is 8.57. The van der Waals surface area contributed by atoms with Gasteiger partial charge in [-0.1, -0.05) is 30.3 Å². The zero-order chi connectivity index (χ0) is 23.3. The van der Waals surface area contributed by atoms with E-state index in [0.717, 1.165) is 5.56 Å². The Morgan fingerprint density at radius 2 is 1.81 bits per heavy atom. The van der Waals surface area contributed by atoms with Gasteiger partial charge in [0, 0.05) is 34.4 Å². The van der Waals surface area contributed by atoms with Gasteiger partial charge in [-0.2, -0.15) is 11.8 Å². The van der Waals surface area contributed by atoms with E-state index in [0.29, 0.717) is 33.4 Å². The van der Waals surface area contributed by atoms with Crippen molar-refractivity contribution in [2.75, 3.05) is 5.75 Å². The fourth-order valence-corrected chi connectivity index (χ4v) is 4.42. The first-order chi connectivity index (χ1) is 15.3. The van der Waals surface area contributed by atoms with Gasteiger partial charge in [0.1, 0.15) is 17.4 Å². The molecule has 0 radical (unpaired) electrons. The van der Waals surface area contributed by atoms with Crippen LogP contribution in [0.15, 0.2) is 51.7 Å². The molecule has 168 valence electrons. The topological polar surface area (TPSA) is 117 Å². The van der Waals surface area contributed by atoms with Gasteiger partial charge < -0.3 is 19.9 Å². The van der Waals surface area contributed by atoms with Gasteiger partial charge in [-0.15, -0.1) is 0 Å². The SMILES string of the molecule is Cc1c(CCC(=O)NC(CSCc2ccccc2)C(=O)O)c(=O)oc2c(C)c(O)ccc12. The fraction of sp³-hybridized carbons (Fsp3) is 0.292. The van der Waals surface area contributed by atoms with Crippen molar-refractivity contribution >= 4 is 34.6 Å². The van der Waals surface area contributed by atoms with Crippen molar-refractivity contribution in [1.29, 1.82) is 0 Å². The lowest BCUT2D eigenvalue weighted by Gasteiger charge is -2.15. The average Bonchev–Trinajstić information content (AvgIpc) is 2.76. The predicted octanol–water partition coefficient (Wildman–Crippen LogP) is 3.55. The molecule has 2 aromatic carbocycles. The maximum absolute atomic E-state index is 12.5. The molecule has 0 aliphatic carbocycles. The summed E-state index contributed by atoms with van der Waals surface area (Å²) in [7, 11) is 0. The lowest BCUT2D eigenvalue weighted by atomic mass is 10.0. The van der Waals surface area contributed by atoms with Gasteiger partial charge in [-0.25, -0.2) is 9.59 Å². The summed E-state index contributed by atoms with van der Waals surface area (Å²) >= 11 is 1.43. The van der Waals surface area contributed by atoms with E-state index in [1.165, 1.54) is 17.8 Å². The van der Waals surface area contributed by atoms with Gasteiger partial charge in [0.25, 0.3) is 0 Å². The standard InChI is InChI=1S/C24H25NO6S/c1-14-17-8-10-20(26)15(2)22(17)31-24(30)18(14)9-11-21(27)25-19(23(28)29)13-32-12-16-6-4-3-5-7-16/h3-8,10,19,26H,9,11-13H2,1-2H3,(H,25,27)(H,28,29). The van der Waals surface area contributed by atoms with Crippen LogP contribution in [0, 0.1) is 13.8 Å². The Kier molecular flexibility index (Phi) is 7.58. The first kappa shape index (κ1) is 23.4. The van der Waals surface area contributed by atoms with Crippen LogP contribution in [0.5, 0.6) is 5.75 Å².